The second kappa shape index (κ2) is 6.72. The minimum atomic E-state index is -0.843. The van der Waals surface area contributed by atoms with Gasteiger partial charge in [0, 0.05) is 41.7 Å². The number of carbonyl (C=O) groups excluding carboxylic acids is 1. The first kappa shape index (κ1) is 18.5. The van der Waals surface area contributed by atoms with Crippen molar-refractivity contribution in [1.29, 1.82) is 0 Å². The maximum atomic E-state index is 14.1. The Morgan fingerprint density at radius 3 is 2.73 bits per heavy atom. The molecule has 7 rings (SSSR count). The van der Waals surface area contributed by atoms with Gasteiger partial charge in [-0.3, -0.25) is 9.78 Å². The molecule has 2 aromatic carbocycles. The van der Waals surface area contributed by atoms with Crippen LogP contribution in [0.15, 0.2) is 77.5 Å². The van der Waals surface area contributed by atoms with E-state index < -0.39 is 5.41 Å². The molecule has 0 radical (unpaired) electrons. The number of hydrogen-bond acceptors (Lipinski definition) is 5. The molecule has 3 aliphatic heterocycles. The van der Waals surface area contributed by atoms with Gasteiger partial charge >= 0.3 is 0 Å². The van der Waals surface area contributed by atoms with Gasteiger partial charge in [-0.25, -0.2) is 0 Å². The molecule has 0 N–H and O–H groups in total. The van der Waals surface area contributed by atoms with E-state index >= 15 is 0 Å². The van der Waals surface area contributed by atoms with Crippen molar-refractivity contribution in [1.82, 2.24) is 4.98 Å². The predicted octanol–water partition coefficient (Wildman–Crippen LogP) is 4.50. The van der Waals surface area contributed by atoms with Crippen LogP contribution in [0, 0.1) is 0 Å². The molecule has 5 heterocycles. The summed E-state index contributed by atoms with van der Waals surface area (Å²) >= 11 is 0. The Morgan fingerprint density at radius 2 is 1.82 bits per heavy atom. The molecule has 0 bridgehead atoms. The summed E-state index contributed by atoms with van der Waals surface area (Å²) in [4.78, 5) is 20.0. The Balaban J connectivity index is 1.30. The molecule has 2 aromatic heterocycles. The first-order chi connectivity index (χ1) is 16.2. The lowest BCUT2D eigenvalue weighted by molar-refractivity contribution is -0.122. The van der Waals surface area contributed by atoms with Crippen LogP contribution in [0.5, 0.6) is 11.5 Å². The monoisotopic (exact) mass is 436 g/mol. The van der Waals surface area contributed by atoms with E-state index in [0.29, 0.717) is 13.2 Å². The minimum Gasteiger partial charge on any atom is -0.493 e. The average Bonchev–Trinajstić information content (AvgIpc) is 3.63. The van der Waals surface area contributed by atoms with Gasteiger partial charge in [0.2, 0.25) is 5.91 Å². The van der Waals surface area contributed by atoms with E-state index in [1.54, 1.807) is 12.4 Å². The average molecular weight is 436 g/mol. The van der Waals surface area contributed by atoms with Gasteiger partial charge in [-0.1, -0.05) is 18.2 Å². The maximum absolute atomic E-state index is 14.1. The van der Waals surface area contributed by atoms with Crippen molar-refractivity contribution in [2.45, 2.75) is 18.4 Å². The third-order valence-electron chi connectivity index (χ3n) is 6.90. The van der Waals surface area contributed by atoms with E-state index in [-0.39, 0.29) is 12.5 Å². The molecule has 0 fully saturated rings. The molecule has 1 amide bonds. The van der Waals surface area contributed by atoms with Gasteiger partial charge in [0.25, 0.3) is 0 Å². The molecule has 6 nitrogen and oxygen atoms in total. The Morgan fingerprint density at radius 1 is 0.939 bits per heavy atom. The summed E-state index contributed by atoms with van der Waals surface area (Å²) in [6.45, 7) is 1.31. The van der Waals surface area contributed by atoms with Crippen LogP contribution in [0.3, 0.4) is 0 Å². The molecule has 1 atom stereocenters. The summed E-state index contributed by atoms with van der Waals surface area (Å²) in [7, 11) is 0. The lowest BCUT2D eigenvalue weighted by Gasteiger charge is -2.23. The van der Waals surface area contributed by atoms with Crippen molar-refractivity contribution < 1.29 is 18.7 Å². The van der Waals surface area contributed by atoms with Gasteiger partial charge in [0.15, 0.2) is 0 Å². The van der Waals surface area contributed by atoms with E-state index in [4.69, 9.17) is 13.9 Å². The lowest BCUT2D eigenvalue weighted by Crippen LogP contribution is -2.42. The molecule has 33 heavy (non-hydrogen) atoms. The van der Waals surface area contributed by atoms with Crippen LogP contribution in [0.1, 0.15) is 22.5 Å². The predicted molar refractivity (Wildman–Crippen MR) is 121 cm³/mol. The van der Waals surface area contributed by atoms with E-state index in [0.717, 1.165) is 57.4 Å². The normalized spacial score (nSPS) is 19.9. The van der Waals surface area contributed by atoms with E-state index in [9.17, 15) is 4.79 Å². The molecular formula is C27H20N2O4. The summed E-state index contributed by atoms with van der Waals surface area (Å²) in [5, 5.41) is 0. The summed E-state index contributed by atoms with van der Waals surface area (Å²) in [6, 6.07) is 19.7. The number of nitrogens with zero attached hydrogens (tertiary/aromatic N) is 2. The van der Waals surface area contributed by atoms with Gasteiger partial charge in [0.05, 0.1) is 13.2 Å². The summed E-state index contributed by atoms with van der Waals surface area (Å²) in [5.41, 5.74) is 4.06. The standard InChI is InChI=1S/C27H20N2O4/c30-26-27(16-32-25-14-24-18(9-12-31-24)13-21(25)27)20-3-1-2-4-22(20)29(26)15-19-5-6-23(33-19)17-7-10-28-11-8-17/h1-8,10-11,13-14H,9,12,15-16H2. The second-order valence-corrected chi connectivity index (χ2v) is 8.66. The Hall–Kier alpha value is -4.06. The lowest BCUT2D eigenvalue weighted by atomic mass is 9.76. The third kappa shape index (κ3) is 2.55. The first-order valence-electron chi connectivity index (χ1n) is 11.1. The quantitative estimate of drug-likeness (QED) is 0.473. The van der Waals surface area contributed by atoms with Gasteiger partial charge in [-0.05, 0) is 47.5 Å². The van der Waals surface area contributed by atoms with Crippen molar-refractivity contribution in [2.24, 2.45) is 0 Å². The van der Waals surface area contributed by atoms with Gasteiger partial charge < -0.3 is 18.8 Å². The molecule has 162 valence electrons. The fraction of sp³-hybridized carbons (Fsp3) is 0.185. The maximum Gasteiger partial charge on any atom is 0.246 e. The molecule has 1 spiro atoms. The van der Waals surface area contributed by atoms with Crippen LogP contribution in [-0.2, 0) is 23.2 Å². The molecule has 6 heteroatoms. The number of carbonyl (C=O) groups is 1. The zero-order chi connectivity index (χ0) is 22.0. The fourth-order valence-corrected chi connectivity index (χ4v) is 5.30. The van der Waals surface area contributed by atoms with Gasteiger partial charge in [-0.2, -0.15) is 0 Å². The molecule has 0 aliphatic carbocycles. The number of pyridine rings is 1. The molecular weight excluding hydrogens is 416 g/mol. The van der Waals surface area contributed by atoms with Crippen molar-refractivity contribution in [3.63, 3.8) is 0 Å². The minimum absolute atomic E-state index is 0.0168. The number of para-hydroxylation sites is 1. The fourth-order valence-electron chi connectivity index (χ4n) is 5.30. The zero-order valence-electron chi connectivity index (χ0n) is 17.8. The van der Waals surface area contributed by atoms with Crippen LogP contribution in [-0.4, -0.2) is 24.1 Å². The Labute approximate surface area is 190 Å². The SMILES string of the molecule is O=C1N(Cc2ccc(-c3ccncc3)o2)c2ccccc2C12COc1cc3c(cc12)CCO3. The van der Waals surface area contributed by atoms with Crippen molar-refractivity contribution >= 4 is 11.6 Å². The van der Waals surface area contributed by atoms with Crippen LogP contribution in [0.25, 0.3) is 11.3 Å². The number of amides is 1. The van der Waals surface area contributed by atoms with Crippen molar-refractivity contribution in [3.8, 4) is 22.8 Å². The molecule has 1 unspecified atom stereocenters. The number of ether oxygens (including phenoxy) is 2. The van der Waals surface area contributed by atoms with Crippen LogP contribution < -0.4 is 14.4 Å². The highest BCUT2D eigenvalue weighted by Gasteiger charge is 2.57. The number of hydrogen-bond donors (Lipinski definition) is 0. The van der Waals surface area contributed by atoms with Gasteiger partial charge in [-0.15, -0.1) is 0 Å². The van der Waals surface area contributed by atoms with E-state index in [1.807, 2.05) is 59.5 Å². The highest BCUT2D eigenvalue weighted by Crippen LogP contribution is 2.54. The molecule has 0 saturated heterocycles. The van der Waals surface area contributed by atoms with Crippen LogP contribution in [0.2, 0.25) is 0 Å². The zero-order valence-corrected chi connectivity index (χ0v) is 17.8. The summed E-state index contributed by atoms with van der Waals surface area (Å²) in [5.74, 6) is 3.10. The molecule has 4 aromatic rings. The highest BCUT2D eigenvalue weighted by molar-refractivity contribution is 6.11. The number of anilines is 1. The summed E-state index contributed by atoms with van der Waals surface area (Å²) in [6.07, 6.45) is 4.32. The topological polar surface area (TPSA) is 64.8 Å². The largest absolute Gasteiger partial charge is 0.493 e. The number of benzene rings is 2. The first-order valence-corrected chi connectivity index (χ1v) is 11.1. The van der Waals surface area contributed by atoms with Crippen molar-refractivity contribution in [2.75, 3.05) is 18.1 Å². The van der Waals surface area contributed by atoms with E-state index in [2.05, 4.69) is 11.1 Å². The van der Waals surface area contributed by atoms with Crippen LogP contribution >= 0.6 is 0 Å². The Bertz CT molecular complexity index is 1410. The molecule has 3 aliphatic rings. The van der Waals surface area contributed by atoms with Crippen molar-refractivity contribution in [3.05, 3.63) is 95.5 Å². The Kier molecular flexibility index (Phi) is 3.77. The number of furan rings is 1. The van der Waals surface area contributed by atoms with Gasteiger partial charge in [0.1, 0.15) is 35.0 Å². The van der Waals surface area contributed by atoms with Crippen LogP contribution in [0.4, 0.5) is 5.69 Å². The number of rotatable bonds is 3. The smallest absolute Gasteiger partial charge is 0.246 e. The second-order valence-electron chi connectivity index (χ2n) is 8.66. The third-order valence-corrected chi connectivity index (χ3v) is 6.90. The van der Waals surface area contributed by atoms with E-state index in [1.165, 1.54) is 0 Å². The molecule has 0 saturated carbocycles. The number of fused-ring (bicyclic) bond motifs is 5. The highest BCUT2D eigenvalue weighted by atomic mass is 16.5. The summed E-state index contributed by atoms with van der Waals surface area (Å²) < 4.78 is 17.9. The number of aromatic nitrogens is 1.